The summed E-state index contributed by atoms with van der Waals surface area (Å²) in [5, 5.41) is 16.7. The van der Waals surface area contributed by atoms with Crippen molar-refractivity contribution in [1.29, 1.82) is 0 Å². The number of carbonyl (C=O) groups is 1. The van der Waals surface area contributed by atoms with Gasteiger partial charge in [0.25, 0.3) is 0 Å². The predicted octanol–water partition coefficient (Wildman–Crippen LogP) is 7.66. The Morgan fingerprint density at radius 2 is 1.93 bits per heavy atom. The zero-order valence-electron chi connectivity index (χ0n) is 22.0. The Labute approximate surface area is 241 Å². The number of rotatable bonds is 7. The molecule has 1 aliphatic heterocycles. The number of nitrogens with zero attached hydrogens (tertiary/aromatic N) is 4. The molecular weight excluding hydrogens is 547 g/mol. The van der Waals surface area contributed by atoms with Crippen molar-refractivity contribution in [3.8, 4) is 11.3 Å². The number of hydrogen-bond acceptors (Lipinski definition) is 6. The number of carboxylic acid groups (broad SMARTS) is 1. The Balaban J connectivity index is 1.05. The zero-order chi connectivity index (χ0) is 27.6. The van der Waals surface area contributed by atoms with E-state index in [1.165, 1.54) is 5.69 Å². The summed E-state index contributed by atoms with van der Waals surface area (Å²) in [7, 11) is 0. The molecule has 2 saturated carbocycles. The van der Waals surface area contributed by atoms with Crippen molar-refractivity contribution in [3.05, 3.63) is 75.5 Å². The molecule has 3 aromatic heterocycles. The SMILES string of the molecule is CCc1nc(C(=O)O)cc2ccc(N3CC4(CC(C=Cc5c(-c6c(Cl)cncc6Cl)noc5C5CC5)C4)C3)cc12. The average molecular weight is 575 g/mol. The maximum Gasteiger partial charge on any atom is 0.354 e. The van der Waals surface area contributed by atoms with Crippen molar-refractivity contribution in [2.24, 2.45) is 11.3 Å². The highest BCUT2D eigenvalue weighted by molar-refractivity contribution is 6.39. The maximum atomic E-state index is 11.5. The highest BCUT2D eigenvalue weighted by atomic mass is 35.5. The van der Waals surface area contributed by atoms with Crippen LogP contribution in [0.25, 0.3) is 28.1 Å². The van der Waals surface area contributed by atoms with E-state index < -0.39 is 5.97 Å². The lowest BCUT2D eigenvalue weighted by molar-refractivity contribution is 0.0486. The molecule has 40 heavy (non-hydrogen) atoms. The van der Waals surface area contributed by atoms with Crippen molar-refractivity contribution in [2.45, 2.75) is 44.9 Å². The quantitative estimate of drug-likeness (QED) is 0.242. The standard InChI is InChI=1S/C31H28Cl2N4O3/c1-2-25-22-10-20(7-6-19(22)9-26(35-25)30(38)39)37-15-31(16-37)11-17(12-31)3-8-21-28(36-40-29(21)18-4-5-18)27-23(32)13-34-14-24(27)33/h3,6-10,13-14,17-18H,2,4-5,11-12,15-16H2,1H3,(H,38,39). The number of pyridine rings is 2. The van der Waals surface area contributed by atoms with E-state index in [0.717, 1.165) is 66.6 Å². The minimum atomic E-state index is -0.993. The van der Waals surface area contributed by atoms with Crippen molar-refractivity contribution >= 4 is 51.7 Å². The van der Waals surface area contributed by atoms with Crippen LogP contribution in [0.4, 0.5) is 5.69 Å². The predicted molar refractivity (Wildman–Crippen MR) is 156 cm³/mol. The molecule has 1 aromatic carbocycles. The summed E-state index contributed by atoms with van der Waals surface area (Å²) in [4.78, 5) is 22.3. The van der Waals surface area contributed by atoms with Crippen LogP contribution < -0.4 is 4.90 Å². The molecule has 7 nitrogen and oxygen atoms in total. The van der Waals surface area contributed by atoms with Crippen LogP contribution >= 0.6 is 23.2 Å². The second kappa shape index (κ2) is 9.60. The van der Waals surface area contributed by atoms with Gasteiger partial charge in [0.1, 0.15) is 17.1 Å². The van der Waals surface area contributed by atoms with Crippen LogP contribution in [0.2, 0.25) is 10.0 Å². The minimum Gasteiger partial charge on any atom is -0.477 e. The Hall–Kier alpha value is -3.42. The van der Waals surface area contributed by atoms with Gasteiger partial charge in [-0.1, -0.05) is 53.5 Å². The average Bonchev–Trinajstić information content (AvgIpc) is 3.66. The molecule has 1 saturated heterocycles. The number of aromatic nitrogens is 3. The van der Waals surface area contributed by atoms with E-state index in [0.29, 0.717) is 45.0 Å². The zero-order valence-corrected chi connectivity index (χ0v) is 23.5. The van der Waals surface area contributed by atoms with E-state index in [-0.39, 0.29) is 5.69 Å². The first-order chi connectivity index (χ1) is 19.3. The second-order valence-corrected chi connectivity index (χ2v) is 12.3. The Morgan fingerprint density at radius 3 is 2.60 bits per heavy atom. The summed E-state index contributed by atoms with van der Waals surface area (Å²) in [6, 6.07) is 7.94. The summed E-state index contributed by atoms with van der Waals surface area (Å²) in [6.45, 7) is 4.06. The number of benzene rings is 1. The number of anilines is 1. The van der Waals surface area contributed by atoms with E-state index in [1.807, 2.05) is 13.0 Å². The third-order valence-electron chi connectivity index (χ3n) is 8.59. The summed E-state index contributed by atoms with van der Waals surface area (Å²) in [5.41, 5.74) is 4.79. The normalized spacial score (nSPS) is 18.4. The fraction of sp³-hybridized carbons (Fsp3) is 0.355. The number of aryl methyl sites for hydroxylation is 1. The van der Waals surface area contributed by atoms with E-state index in [4.69, 9.17) is 27.7 Å². The van der Waals surface area contributed by atoms with E-state index in [1.54, 1.807) is 18.5 Å². The van der Waals surface area contributed by atoms with E-state index in [2.05, 4.69) is 44.3 Å². The number of hydrogen-bond donors (Lipinski definition) is 1. The minimum absolute atomic E-state index is 0.100. The molecule has 7 rings (SSSR count). The molecule has 3 aliphatic rings. The van der Waals surface area contributed by atoms with Gasteiger partial charge >= 0.3 is 5.97 Å². The lowest BCUT2D eigenvalue weighted by Gasteiger charge is -2.59. The first kappa shape index (κ1) is 25.5. The first-order valence-electron chi connectivity index (χ1n) is 13.7. The molecule has 0 amide bonds. The van der Waals surface area contributed by atoms with Gasteiger partial charge in [-0.2, -0.15) is 0 Å². The molecule has 3 fully saturated rings. The maximum absolute atomic E-state index is 11.5. The lowest BCUT2D eigenvalue weighted by Crippen LogP contribution is -2.62. The largest absolute Gasteiger partial charge is 0.477 e. The van der Waals surface area contributed by atoms with Crippen molar-refractivity contribution in [3.63, 3.8) is 0 Å². The van der Waals surface area contributed by atoms with Crippen LogP contribution in [0.15, 0.2) is 47.3 Å². The van der Waals surface area contributed by atoms with Gasteiger partial charge in [-0.05, 0) is 61.6 Å². The van der Waals surface area contributed by atoms with Crippen LogP contribution in [0.1, 0.15) is 66.0 Å². The van der Waals surface area contributed by atoms with Crippen LogP contribution in [0.5, 0.6) is 0 Å². The molecule has 0 radical (unpaired) electrons. The molecule has 0 bridgehead atoms. The number of fused-ring (bicyclic) bond motifs is 1. The highest BCUT2D eigenvalue weighted by Gasteiger charge is 2.51. The van der Waals surface area contributed by atoms with Gasteiger partial charge in [0.15, 0.2) is 0 Å². The molecule has 204 valence electrons. The molecule has 4 heterocycles. The van der Waals surface area contributed by atoms with Crippen molar-refractivity contribution < 1.29 is 14.4 Å². The van der Waals surface area contributed by atoms with Crippen molar-refractivity contribution in [2.75, 3.05) is 18.0 Å². The molecule has 2 aliphatic carbocycles. The Bertz CT molecular complexity index is 1660. The topological polar surface area (TPSA) is 92.3 Å². The number of carboxylic acids is 1. The number of allylic oxidation sites excluding steroid dienone is 1. The van der Waals surface area contributed by atoms with Gasteiger partial charge in [-0.25, -0.2) is 9.78 Å². The third kappa shape index (κ3) is 4.36. The Morgan fingerprint density at radius 1 is 1.18 bits per heavy atom. The number of halogens is 2. The van der Waals surface area contributed by atoms with Gasteiger partial charge in [0.05, 0.1) is 10.0 Å². The molecule has 9 heteroatoms. The fourth-order valence-electron chi connectivity index (χ4n) is 6.43. The van der Waals surface area contributed by atoms with Crippen LogP contribution in [-0.4, -0.2) is 39.3 Å². The summed E-state index contributed by atoms with van der Waals surface area (Å²) >= 11 is 12.9. The van der Waals surface area contributed by atoms with Crippen LogP contribution in [0.3, 0.4) is 0 Å². The molecule has 1 spiro atoms. The van der Waals surface area contributed by atoms with Gasteiger partial charge in [-0.3, -0.25) is 4.98 Å². The van der Waals surface area contributed by atoms with Gasteiger partial charge in [-0.15, -0.1) is 0 Å². The van der Waals surface area contributed by atoms with Gasteiger partial charge in [0, 0.05) is 64.7 Å². The molecule has 0 unspecified atom stereocenters. The van der Waals surface area contributed by atoms with Gasteiger partial charge in [0.2, 0.25) is 0 Å². The van der Waals surface area contributed by atoms with Crippen molar-refractivity contribution in [1.82, 2.24) is 15.1 Å². The first-order valence-corrected chi connectivity index (χ1v) is 14.5. The summed E-state index contributed by atoms with van der Waals surface area (Å²) < 4.78 is 5.79. The molecule has 4 aromatic rings. The lowest BCUT2D eigenvalue weighted by atomic mass is 9.57. The highest BCUT2D eigenvalue weighted by Crippen LogP contribution is 2.54. The fourth-order valence-corrected chi connectivity index (χ4v) is 6.98. The number of aromatic carboxylic acids is 1. The summed E-state index contributed by atoms with van der Waals surface area (Å²) in [5.74, 6) is 0.844. The molecular formula is C31H28Cl2N4O3. The monoisotopic (exact) mass is 574 g/mol. The summed E-state index contributed by atoms with van der Waals surface area (Å²) in [6.07, 6.45) is 12.8. The van der Waals surface area contributed by atoms with Crippen LogP contribution in [-0.2, 0) is 6.42 Å². The smallest absolute Gasteiger partial charge is 0.354 e. The molecule has 0 atom stereocenters. The third-order valence-corrected chi connectivity index (χ3v) is 9.16. The Kier molecular flexibility index (Phi) is 6.13. The van der Waals surface area contributed by atoms with E-state index in [9.17, 15) is 9.90 Å². The second-order valence-electron chi connectivity index (χ2n) is 11.5. The van der Waals surface area contributed by atoms with E-state index >= 15 is 0 Å². The molecule has 1 N–H and O–H groups in total. The van der Waals surface area contributed by atoms with Gasteiger partial charge < -0.3 is 14.5 Å². The van der Waals surface area contributed by atoms with Crippen LogP contribution in [0, 0.1) is 11.3 Å².